The van der Waals surface area contributed by atoms with E-state index in [-0.39, 0.29) is 11.9 Å². The molecule has 0 radical (unpaired) electrons. The monoisotopic (exact) mass is 356 g/mol. The van der Waals surface area contributed by atoms with Gasteiger partial charge in [-0.2, -0.15) is 0 Å². The van der Waals surface area contributed by atoms with Crippen molar-refractivity contribution in [3.8, 4) is 5.75 Å². The lowest BCUT2D eigenvalue weighted by Gasteiger charge is -2.42. The highest BCUT2D eigenvalue weighted by atomic mass is 16.5. The number of ether oxygens (including phenoxy) is 3. The molecule has 0 aliphatic rings. The topological polar surface area (TPSA) is 44.8 Å². The molecule has 26 heavy (non-hydrogen) atoms. The minimum absolute atomic E-state index is 0.115. The first kappa shape index (κ1) is 20.0. The van der Waals surface area contributed by atoms with Crippen LogP contribution in [-0.4, -0.2) is 27.3 Å². The summed E-state index contributed by atoms with van der Waals surface area (Å²) in [7, 11) is 4.68. The standard InChI is InChI=1S/C22H28O4/c1-6-22(21(23)26-5,16(2)17-12-8-7-9-13-17)20(25-4)18-14-10-11-15-19(18)24-3/h7-16,20H,6H2,1-5H3. The quantitative estimate of drug-likeness (QED) is 0.640. The Kier molecular flexibility index (Phi) is 6.81. The molecule has 4 heteroatoms. The third kappa shape index (κ3) is 3.47. The molecule has 3 atom stereocenters. The lowest BCUT2D eigenvalue weighted by atomic mass is 9.65. The molecular formula is C22H28O4. The van der Waals surface area contributed by atoms with Crippen molar-refractivity contribution < 1.29 is 19.0 Å². The first-order chi connectivity index (χ1) is 12.6. The molecule has 0 amide bonds. The Morgan fingerprint density at radius 2 is 1.62 bits per heavy atom. The van der Waals surface area contributed by atoms with Gasteiger partial charge >= 0.3 is 5.97 Å². The summed E-state index contributed by atoms with van der Waals surface area (Å²) < 4.78 is 16.7. The van der Waals surface area contributed by atoms with Gasteiger partial charge in [-0.3, -0.25) is 4.79 Å². The smallest absolute Gasteiger partial charge is 0.315 e. The first-order valence-electron chi connectivity index (χ1n) is 8.85. The Balaban J connectivity index is 2.67. The Bertz CT molecular complexity index is 713. The van der Waals surface area contributed by atoms with Gasteiger partial charge in [-0.25, -0.2) is 0 Å². The van der Waals surface area contributed by atoms with E-state index in [1.807, 2.05) is 61.5 Å². The summed E-state index contributed by atoms with van der Waals surface area (Å²) in [4.78, 5) is 13.1. The molecule has 0 N–H and O–H groups in total. The van der Waals surface area contributed by atoms with Crippen LogP contribution in [0, 0.1) is 5.41 Å². The van der Waals surface area contributed by atoms with Crippen molar-refractivity contribution >= 4 is 5.97 Å². The molecular weight excluding hydrogens is 328 g/mol. The zero-order chi connectivity index (χ0) is 19.2. The van der Waals surface area contributed by atoms with E-state index in [9.17, 15) is 4.79 Å². The number of carbonyl (C=O) groups excluding carboxylic acids is 1. The maximum atomic E-state index is 13.1. The van der Waals surface area contributed by atoms with Crippen LogP contribution in [0.3, 0.4) is 0 Å². The summed E-state index contributed by atoms with van der Waals surface area (Å²) >= 11 is 0. The van der Waals surface area contributed by atoms with Crippen LogP contribution in [0.4, 0.5) is 0 Å². The van der Waals surface area contributed by atoms with Crippen LogP contribution in [0.15, 0.2) is 54.6 Å². The SMILES string of the molecule is CCC(C(=O)OC)(C(C)c1ccccc1)C(OC)c1ccccc1OC. The Morgan fingerprint density at radius 1 is 1.00 bits per heavy atom. The number of para-hydroxylation sites is 1. The van der Waals surface area contributed by atoms with Crippen molar-refractivity contribution in [2.75, 3.05) is 21.3 Å². The number of methoxy groups -OCH3 is 3. The minimum atomic E-state index is -0.889. The third-order valence-electron chi connectivity index (χ3n) is 5.35. The molecule has 0 saturated carbocycles. The van der Waals surface area contributed by atoms with Crippen molar-refractivity contribution in [2.24, 2.45) is 5.41 Å². The maximum absolute atomic E-state index is 13.1. The van der Waals surface area contributed by atoms with E-state index < -0.39 is 11.5 Å². The van der Waals surface area contributed by atoms with Crippen LogP contribution < -0.4 is 4.74 Å². The highest BCUT2D eigenvalue weighted by Gasteiger charge is 2.52. The zero-order valence-electron chi connectivity index (χ0n) is 16.2. The molecule has 4 nitrogen and oxygen atoms in total. The largest absolute Gasteiger partial charge is 0.496 e. The van der Waals surface area contributed by atoms with E-state index in [0.717, 1.165) is 11.1 Å². The average molecular weight is 356 g/mol. The molecule has 140 valence electrons. The van der Waals surface area contributed by atoms with Crippen LogP contribution in [0.1, 0.15) is 43.4 Å². The number of hydrogen-bond acceptors (Lipinski definition) is 4. The fourth-order valence-electron chi connectivity index (χ4n) is 3.87. The highest BCUT2D eigenvalue weighted by Crippen LogP contribution is 2.52. The van der Waals surface area contributed by atoms with Crippen molar-refractivity contribution in [3.05, 3.63) is 65.7 Å². The van der Waals surface area contributed by atoms with Crippen LogP contribution in [-0.2, 0) is 14.3 Å². The van der Waals surface area contributed by atoms with E-state index in [2.05, 4.69) is 6.92 Å². The van der Waals surface area contributed by atoms with Gasteiger partial charge in [0.15, 0.2) is 0 Å². The molecule has 0 bridgehead atoms. The first-order valence-corrected chi connectivity index (χ1v) is 8.85. The van der Waals surface area contributed by atoms with Gasteiger partial charge in [-0.05, 0) is 18.1 Å². The molecule has 0 aliphatic heterocycles. The van der Waals surface area contributed by atoms with Gasteiger partial charge < -0.3 is 14.2 Å². The summed E-state index contributed by atoms with van der Waals surface area (Å²) in [5.41, 5.74) is 1.02. The summed E-state index contributed by atoms with van der Waals surface area (Å²) in [5, 5.41) is 0. The average Bonchev–Trinajstić information content (AvgIpc) is 2.71. The number of rotatable bonds is 8. The molecule has 0 aromatic heterocycles. The lowest BCUT2D eigenvalue weighted by molar-refractivity contribution is -0.166. The predicted octanol–water partition coefficient (Wildman–Crippen LogP) is 4.76. The molecule has 0 saturated heterocycles. The summed E-state index contributed by atoms with van der Waals surface area (Å²) in [6, 6.07) is 17.7. The van der Waals surface area contributed by atoms with Crippen molar-refractivity contribution in [3.63, 3.8) is 0 Å². The highest BCUT2D eigenvalue weighted by molar-refractivity contribution is 5.79. The summed E-state index contributed by atoms with van der Waals surface area (Å²) in [6.07, 6.45) is 0.0537. The second-order valence-corrected chi connectivity index (χ2v) is 6.38. The predicted molar refractivity (Wildman–Crippen MR) is 102 cm³/mol. The number of carbonyl (C=O) groups is 1. The molecule has 0 heterocycles. The summed E-state index contributed by atoms with van der Waals surface area (Å²) in [5.74, 6) is 0.298. The van der Waals surface area contributed by atoms with Crippen LogP contribution in [0.25, 0.3) is 0 Å². The van der Waals surface area contributed by atoms with Gasteiger partial charge in [-0.1, -0.05) is 62.4 Å². The zero-order valence-corrected chi connectivity index (χ0v) is 16.2. The number of esters is 1. The van der Waals surface area contributed by atoms with Gasteiger partial charge in [0.2, 0.25) is 0 Å². The van der Waals surface area contributed by atoms with Crippen LogP contribution in [0.2, 0.25) is 0 Å². The molecule has 2 aromatic carbocycles. The fraction of sp³-hybridized carbons (Fsp3) is 0.409. The van der Waals surface area contributed by atoms with Gasteiger partial charge in [0, 0.05) is 18.6 Å². The van der Waals surface area contributed by atoms with E-state index >= 15 is 0 Å². The van der Waals surface area contributed by atoms with E-state index in [4.69, 9.17) is 14.2 Å². The minimum Gasteiger partial charge on any atom is -0.496 e. The third-order valence-corrected chi connectivity index (χ3v) is 5.35. The van der Waals surface area contributed by atoms with Gasteiger partial charge in [0.05, 0.1) is 14.2 Å². The Labute approximate surface area is 156 Å². The lowest BCUT2D eigenvalue weighted by Crippen LogP contribution is -2.43. The van der Waals surface area contributed by atoms with Gasteiger partial charge in [0.1, 0.15) is 17.3 Å². The Hall–Kier alpha value is -2.33. The molecule has 0 fully saturated rings. The van der Waals surface area contributed by atoms with Crippen molar-refractivity contribution in [2.45, 2.75) is 32.3 Å². The molecule has 0 spiro atoms. The Morgan fingerprint density at radius 3 is 2.15 bits per heavy atom. The summed E-state index contributed by atoms with van der Waals surface area (Å²) in [6.45, 7) is 4.05. The second-order valence-electron chi connectivity index (χ2n) is 6.38. The van der Waals surface area contributed by atoms with Gasteiger partial charge in [-0.15, -0.1) is 0 Å². The second kappa shape index (κ2) is 8.86. The number of hydrogen-bond donors (Lipinski definition) is 0. The van der Waals surface area contributed by atoms with Crippen molar-refractivity contribution in [1.29, 1.82) is 0 Å². The van der Waals surface area contributed by atoms with Crippen molar-refractivity contribution in [1.82, 2.24) is 0 Å². The van der Waals surface area contributed by atoms with Gasteiger partial charge in [0.25, 0.3) is 0 Å². The number of benzene rings is 2. The molecule has 2 aromatic rings. The van der Waals surface area contributed by atoms with E-state index in [0.29, 0.717) is 12.2 Å². The van der Waals surface area contributed by atoms with Crippen LogP contribution >= 0.6 is 0 Å². The normalized spacial score (nSPS) is 15.6. The maximum Gasteiger partial charge on any atom is 0.315 e. The molecule has 0 aliphatic carbocycles. The van der Waals surface area contributed by atoms with E-state index in [1.54, 1.807) is 14.2 Å². The van der Waals surface area contributed by atoms with Crippen LogP contribution in [0.5, 0.6) is 5.75 Å². The molecule has 3 unspecified atom stereocenters. The van der Waals surface area contributed by atoms with E-state index in [1.165, 1.54) is 7.11 Å². The molecule has 2 rings (SSSR count). The fourth-order valence-corrected chi connectivity index (χ4v) is 3.87.